The van der Waals surface area contributed by atoms with Crippen molar-refractivity contribution in [3.05, 3.63) is 64.0 Å². The minimum absolute atomic E-state index is 0.0760. The molecule has 2 rings (SSSR count). The number of nitrogens with zero attached hydrogens (tertiary/aromatic N) is 1. The van der Waals surface area contributed by atoms with Gasteiger partial charge in [-0.2, -0.15) is 0 Å². The van der Waals surface area contributed by atoms with Gasteiger partial charge in [0.2, 0.25) is 0 Å². The van der Waals surface area contributed by atoms with E-state index in [0.29, 0.717) is 0 Å². The number of hydrogen-bond donors (Lipinski definition) is 2. The number of benzene rings is 2. The van der Waals surface area contributed by atoms with E-state index in [9.17, 15) is 14.5 Å². The molecule has 0 aromatic heterocycles. The summed E-state index contributed by atoms with van der Waals surface area (Å²) in [5, 5.41) is 16.5. The Hall–Kier alpha value is -2.54. The van der Waals surface area contributed by atoms with Gasteiger partial charge in [0, 0.05) is 6.07 Å². The van der Waals surface area contributed by atoms with Crippen LogP contribution in [0.1, 0.15) is 5.56 Å². The first-order chi connectivity index (χ1) is 9.97. The summed E-state index contributed by atoms with van der Waals surface area (Å²) in [5.41, 5.74) is 1.12. The average molecular weight is 305 g/mol. The van der Waals surface area contributed by atoms with Gasteiger partial charge in [-0.3, -0.25) is 10.1 Å². The van der Waals surface area contributed by atoms with Crippen LogP contribution in [0, 0.1) is 22.9 Å². The van der Waals surface area contributed by atoms with Crippen LogP contribution in [0.2, 0.25) is 0 Å². The van der Waals surface area contributed by atoms with E-state index >= 15 is 0 Å². The first-order valence-electron chi connectivity index (χ1n) is 6.05. The zero-order valence-corrected chi connectivity index (χ0v) is 11.9. The van der Waals surface area contributed by atoms with E-state index in [1.807, 2.05) is 0 Å². The largest absolute Gasteiger partial charge is 0.330 e. The zero-order chi connectivity index (χ0) is 15.4. The lowest BCUT2D eigenvalue weighted by molar-refractivity contribution is -0.383. The number of halogens is 1. The number of nitrogens with one attached hydrogen (secondary N) is 2. The van der Waals surface area contributed by atoms with Crippen molar-refractivity contribution in [2.24, 2.45) is 0 Å². The molecule has 0 saturated heterocycles. The van der Waals surface area contributed by atoms with E-state index < -0.39 is 10.7 Å². The minimum atomic E-state index is -0.499. The third kappa shape index (κ3) is 3.73. The van der Waals surface area contributed by atoms with Crippen molar-refractivity contribution in [1.82, 2.24) is 0 Å². The molecule has 21 heavy (non-hydrogen) atoms. The lowest BCUT2D eigenvalue weighted by Crippen LogP contribution is -2.20. The number of aryl methyl sites for hydroxylation is 1. The molecule has 0 bridgehead atoms. The lowest BCUT2D eigenvalue weighted by Gasteiger charge is -2.11. The fourth-order valence-corrected chi connectivity index (χ4v) is 1.96. The number of rotatable bonds is 3. The lowest BCUT2D eigenvalue weighted by atomic mass is 10.2. The smallest absolute Gasteiger partial charge is 0.292 e. The summed E-state index contributed by atoms with van der Waals surface area (Å²) in [6, 6.07) is 10.7. The monoisotopic (exact) mass is 305 g/mol. The van der Waals surface area contributed by atoms with E-state index in [-0.39, 0.29) is 22.2 Å². The summed E-state index contributed by atoms with van der Waals surface area (Å²) in [4.78, 5) is 10.5. The van der Waals surface area contributed by atoms with Crippen LogP contribution in [0.15, 0.2) is 42.5 Å². The number of anilines is 2. The molecule has 7 heteroatoms. The summed E-state index contributed by atoms with van der Waals surface area (Å²) in [5.74, 6) is -0.458. The maximum absolute atomic E-state index is 13.5. The summed E-state index contributed by atoms with van der Waals surface area (Å²) >= 11 is 5.05. The molecule has 0 heterocycles. The number of para-hydroxylation sites is 1. The first kappa shape index (κ1) is 14.9. The highest BCUT2D eigenvalue weighted by Crippen LogP contribution is 2.25. The molecule has 0 aliphatic carbocycles. The quantitative estimate of drug-likeness (QED) is 0.512. The number of nitro benzene ring substituents is 1. The molecule has 0 fully saturated rings. The highest BCUT2D eigenvalue weighted by atomic mass is 32.1. The van der Waals surface area contributed by atoms with Crippen molar-refractivity contribution < 1.29 is 9.31 Å². The topological polar surface area (TPSA) is 67.2 Å². The Bertz CT molecular complexity index is 706. The molecular weight excluding hydrogens is 293 g/mol. The van der Waals surface area contributed by atoms with E-state index in [2.05, 4.69) is 10.6 Å². The van der Waals surface area contributed by atoms with Gasteiger partial charge in [-0.25, -0.2) is 4.39 Å². The molecule has 0 unspecified atom stereocenters. The third-order valence-corrected chi connectivity index (χ3v) is 2.92. The number of hydrogen-bond acceptors (Lipinski definition) is 3. The van der Waals surface area contributed by atoms with E-state index in [1.165, 1.54) is 18.2 Å². The Labute approximate surface area is 125 Å². The van der Waals surface area contributed by atoms with Crippen molar-refractivity contribution in [3.8, 4) is 0 Å². The second-order valence-corrected chi connectivity index (χ2v) is 4.74. The minimum Gasteiger partial charge on any atom is -0.330 e. The van der Waals surface area contributed by atoms with Gasteiger partial charge in [0.1, 0.15) is 11.5 Å². The van der Waals surface area contributed by atoms with E-state index in [0.717, 1.165) is 5.56 Å². The van der Waals surface area contributed by atoms with Gasteiger partial charge in [-0.1, -0.05) is 18.2 Å². The molecule has 0 radical (unpaired) electrons. The van der Waals surface area contributed by atoms with Crippen molar-refractivity contribution in [2.75, 3.05) is 10.6 Å². The standard InChI is InChI=1S/C14H12FN3O2S/c1-9-6-7-12(13(8-9)18(19)20)17-14(21)16-11-5-3-2-4-10(11)15/h2-8H,1H3,(H2,16,17,21). The summed E-state index contributed by atoms with van der Waals surface area (Å²) in [6.45, 7) is 1.76. The highest BCUT2D eigenvalue weighted by molar-refractivity contribution is 7.80. The molecule has 2 aromatic carbocycles. The van der Waals surface area contributed by atoms with Crippen LogP contribution in [-0.2, 0) is 0 Å². The average Bonchev–Trinajstić information content (AvgIpc) is 2.43. The van der Waals surface area contributed by atoms with Crippen LogP contribution in [0.4, 0.5) is 21.5 Å². The molecule has 0 aliphatic rings. The molecule has 0 spiro atoms. The van der Waals surface area contributed by atoms with Gasteiger partial charge in [0.25, 0.3) is 5.69 Å². The van der Waals surface area contributed by atoms with Gasteiger partial charge in [-0.05, 0) is 42.9 Å². The Kier molecular flexibility index (Phi) is 4.44. The van der Waals surface area contributed by atoms with Gasteiger partial charge >= 0.3 is 0 Å². The summed E-state index contributed by atoms with van der Waals surface area (Å²) < 4.78 is 13.5. The van der Waals surface area contributed by atoms with Crippen molar-refractivity contribution >= 4 is 34.4 Å². The Balaban J connectivity index is 2.17. The second-order valence-electron chi connectivity index (χ2n) is 4.34. The van der Waals surface area contributed by atoms with Crippen molar-refractivity contribution in [3.63, 3.8) is 0 Å². The number of thiocarbonyl (C=S) groups is 1. The molecule has 108 valence electrons. The molecule has 0 amide bonds. The van der Waals surface area contributed by atoms with E-state index in [1.54, 1.807) is 31.2 Å². The SMILES string of the molecule is Cc1ccc(NC(=S)Nc2ccccc2F)c([N+](=O)[O-])c1. The maximum Gasteiger partial charge on any atom is 0.292 e. The van der Waals surface area contributed by atoms with Crippen LogP contribution in [-0.4, -0.2) is 10.0 Å². The van der Waals surface area contributed by atoms with E-state index in [4.69, 9.17) is 12.2 Å². The number of nitro groups is 1. The van der Waals surface area contributed by atoms with Crippen LogP contribution >= 0.6 is 12.2 Å². The van der Waals surface area contributed by atoms with Gasteiger partial charge in [-0.15, -0.1) is 0 Å². The third-order valence-electron chi connectivity index (χ3n) is 2.72. The molecule has 0 saturated carbocycles. The first-order valence-corrected chi connectivity index (χ1v) is 6.46. The molecule has 0 atom stereocenters. The predicted octanol–water partition coefficient (Wildman–Crippen LogP) is 3.85. The fraction of sp³-hybridized carbons (Fsp3) is 0.0714. The van der Waals surface area contributed by atoms with Crippen molar-refractivity contribution in [1.29, 1.82) is 0 Å². The van der Waals surface area contributed by atoms with Crippen molar-refractivity contribution in [2.45, 2.75) is 6.92 Å². The van der Waals surface area contributed by atoms with Crippen LogP contribution in [0.3, 0.4) is 0 Å². The fourth-order valence-electron chi connectivity index (χ4n) is 1.74. The van der Waals surface area contributed by atoms with Gasteiger partial charge in [0.05, 0.1) is 10.6 Å². The predicted molar refractivity (Wildman–Crippen MR) is 84.1 cm³/mol. The molecule has 0 aliphatic heterocycles. The molecule has 2 N–H and O–H groups in total. The summed E-state index contributed by atoms with van der Waals surface area (Å²) in [6.07, 6.45) is 0. The molecule has 2 aromatic rings. The second kappa shape index (κ2) is 6.27. The zero-order valence-electron chi connectivity index (χ0n) is 11.1. The highest BCUT2D eigenvalue weighted by Gasteiger charge is 2.15. The van der Waals surface area contributed by atoms with Crippen LogP contribution in [0.25, 0.3) is 0 Å². The molecular formula is C14H12FN3O2S. The van der Waals surface area contributed by atoms with Gasteiger partial charge in [0.15, 0.2) is 5.11 Å². The maximum atomic E-state index is 13.5. The Morgan fingerprint density at radius 1 is 1.19 bits per heavy atom. The van der Waals surface area contributed by atoms with Crippen LogP contribution < -0.4 is 10.6 Å². The normalized spacial score (nSPS) is 10.0. The van der Waals surface area contributed by atoms with Crippen LogP contribution in [0.5, 0.6) is 0 Å². The molecule has 5 nitrogen and oxygen atoms in total. The van der Waals surface area contributed by atoms with Gasteiger partial charge < -0.3 is 10.6 Å². The summed E-state index contributed by atoms with van der Waals surface area (Å²) in [7, 11) is 0. The Morgan fingerprint density at radius 3 is 2.52 bits per heavy atom. The Morgan fingerprint density at radius 2 is 1.86 bits per heavy atom.